The van der Waals surface area contributed by atoms with Gasteiger partial charge in [-0.05, 0) is 6.92 Å². The van der Waals surface area contributed by atoms with Crippen LogP contribution in [0, 0.1) is 6.92 Å². The van der Waals surface area contributed by atoms with Crippen molar-refractivity contribution >= 4 is 5.82 Å². The van der Waals surface area contributed by atoms with Crippen molar-refractivity contribution < 1.29 is 9.84 Å². The van der Waals surface area contributed by atoms with Crippen LogP contribution in [0.15, 0.2) is 0 Å². The Balaban J connectivity index is 2.53. The monoisotopic (exact) mass is 210 g/mol. The highest BCUT2D eigenvalue weighted by molar-refractivity contribution is 5.54. The molecule has 0 saturated carbocycles. The Labute approximate surface area is 87.9 Å². The third kappa shape index (κ3) is 1.51. The lowest BCUT2D eigenvalue weighted by Gasteiger charge is -2.16. The second kappa shape index (κ2) is 3.63. The average molecular weight is 210 g/mol. The number of likely N-dealkylation sites (N-methyl/N-ethyl adjacent to an activating group) is 1. The van der Waals surface area contributed by atoms with Crippen molar-refractivity contribution in [2.75, 3.05) is 26.2 Å². The number of anilines is 1. The number of hydrogen-bond donors (Lipinski definition) is 2. The molecule has 0 aromatic carbocycles. The van der Waals surface area contributed by atoms with Crippen LogP contribution in [0.2, 0.25) is 0 Å². The molecule has 1 aromatic rings. The van der Waals surface area contributed by atoms with Crippen molar-refractivity contribution in [3.63, 3.8) is 0 Å². The molecule has 1 aromatic heterocycles. The maximum atomic E-state index is 9.28. The summed E-state index contributed by atoms with van der Waals surface area (Å²) >= 11 is 0. The number of ether oxygens (including phenoxy) is 1. The minimum atomic E-state index is -0.157. The lowest BCUT2D eigenvalue weighted by molar-refractivity contribution is 0.178. The van der Waals surface area contributed by atoms with Crippen LogP contribution in [0.3, 0.4) is 0 Å². The summed E-state index contributed by atoms with van der Waals surface area (Å²) in [5.41, 5.74) is 3.87. The molecule has 2 heterocycles. The molecular formula is C9H14N4O2. The molecule has 2 rings (SSSR count). The molecule has 6 nitrogen and oxygen atoms in total. The third-order valence-corrected chi connectivity index (χ3v) is 2.47. The van der Waals surface area contributed by atoms with Gasteiger partial charge in [0.05, 0.1) is 25.3 Å². The van der Waals surface area contributed by atoms with Crippen LogP contribution in [0.5, 0.6) is 5.88 Å². The molecule has 6 heteroatoms. The van der Waals surface area contributed by atoms with Crippen LogP contribution in [0.1, 0.15) is 17.4 Å². The van der Waals surface area contributed by atoms with E-state index in [0.29, 0.717) is 17.5 Å². The van der Waals surface area contributed by atoms with Crippen molar-refractivity contribution in [2.45, 2.75) is 13.0 Å². The Bertz CT molecular complexity index is 383. The van der Waals surface area contributed by atoms with E-state index in [2.05, 4.69) is 15.4 Å². The zero-order chi connectivity index (χ0) is 11.0. The summed E-state index contributed by atoms with van der Waals surface area (Å²) in [6, 6.07) is -0.157. The van der Waals surface area contributed by atoms with E-state index in [4.69, 9.17) is 4.74 Å². The van der Waals surface area contributed by atoms with Gasteiger partial charge in [0.15, 0.2) is 5.82 Å². The quantitative estimate of drug-likeness (QED) is 0.721. The molecule has 15 heavy (non-hydrogen) atoms. The number of aliphatic hydroxyl groups excluding tert-OH is 1. The number of nitrogens with zero attached hydrogens (tertiary/aromatic N) is 3. The van der Waals surface area contributed by atoms with Crippen LogP contribution in [-0.4, -0.2) is 40.8 Å². The third-order valence-electron chi connectivity index (χ3n) is 2.47. The lowest BCUT2D eigenvalue weighted by Crippen LogP contribution is -2.25. The fourth-order valence-corrected chi connectivity index (χ4v) is 1.75. The Kier molecular flexibility index (Phi) is 2.45. The predicted octanol–water partition coefficient (Wildman–Crippen LogP) is 0.0993. The summed E-state index contributed by atoms with van der Waals surface area (Å²) in [7, 11) is 3.41. The van der Waals surface area contributed by atoms with E-state index in [0.717, 1.165) is 5.56 Å². The first-order valence-electron chi connectivity index (χ1n) is 4.70. The van der Waals surface area contributed by atoms with E-state index >= 15 is 0 Å². The molecule has 0 radical (unpaired) electrons. The van der Waals surface area contributed by atoms with Crippen molar-refractivity contribution in [3.05, 3.63) is 11.4 Å². The van der Waals surface area contributed by atoms with Gasteiger partial charge < -0.3 is 15.3 Å². The number of methoxy groups -OCH3 is 1. The Morgan fingerprint density at radius 1 is 1.53 bits per heavy atom. The van der Waals surface area contributed by atoms with Gasteiger partial charge in [-0.1, -0.05) is 0 Å². The fraction of sp³-hybridized carbons (Fsp3) is 0.556. The van der Waals surface area contributed by atoms with Gasteiger partial charge in [0.1, 0.15) is 5.82 Å². The Hall–Kier alpha value is -1.40. The number of rotatable bonds is 2. The summed E-state index contributed by atoms with van der Waals surface area (Å²) in [5, 5.41) is 11.1. The molecule has 0 bridgehead atoms. The lowest BCUT2D eigenvalue weighted by atomic mass is 10.1. The van der Waals surface area contributed by atoms with Crippen molar-refractivity contribution in [1.82, 2.24) is 15.0 Å². The van der Waals surface area contributed by atoms with Gasteiger partial charge in [0.2, 0.25) is 5.88 Å². The minimum absolute atomic E-state index is 0.000713. The number of hydrogen-bond acceptors (Lipinski definition) is 6. The molecule has 0 spiro atoms. The molecule has 1 atom stereocenters. The zero-order valence-electron chi connectivity index (χ0n) is 8.98. The predicted molar refractivity (Wildman–Crippen MR) is 54.5 cm³/mol. The molecule has 0 aliphatic carbocycles. The molecule has 0 amide bonds. The molecule has 2 N–H and O–H groups in total. The SMILES string of the molecule is COc1nc(C)nc2c1C(CO)N(C)N2. The Morgan fingerprint density at radius 3 is 2.87 bits per heavy atom. The van der Waals surface area contributed by atoms with E-state index in [1.165, 1.54) is 0 Å². The molecule has 1 aliphatic rings. The first-order chi connectivity index (χ1) is 7.17. The highest BCUT2D eigenvalue weighted by Crippen LogP contribution is 2.37. The summed E-state index contributed by atoms with van der Waals surface area (Å²) < 4.78 is 5.19. The molecule has 0 fully saturated rings. The van der Waals surface area contributed by atoms with Gasteiger partial charge >= 0.3 is 0 Å². The summed E-state index contributed by atoms with van der Waals surface area (Å²) in [6.45, 7) is 1.80. The number of aliphatic hydroxyl groups is 1. The number of aromatic nitrogens is 2. The maximum Gasteiger partial charge on any atom is 0.223 e. The Morgan fingerprint density at radius 2 is 2.27 bits per heavy atom. The normalized spacial score (nSPS) is 19.9. The molecule has 0 saturated heterocycles. The number of fused-ring (bicyclic) bond motifs is 1. The van der Waals surface area contributed by atoms with Gasteiger partial charge in [-0.15, -0.1) is 0 Å². The first-order valence-corrected chi connectivity index (χ1v) is 4.70. The van der Waals surface area contributed by atoms with Crippen LogP contribution in [0.25, 0.3) is 0 Å². The summed E-state index contributed by atoms with van der Waals surface area (Å²) in [5.74, 6) is 1.87. The summed E-state index contributed by atoms with van der Waals surface area (Å²) in [6.07, 6.45) is 0. The van der Waals surface area contributed by atoms with Crippen molar-refractivity contribution in [2.24, 2.45) is 0 Å². The first kappa shape index (κ1) is 10.1. The van der Waals surface area contributed by atoms with Crippen LogP contribution >= 0.6 is 0 Å². The number of nitrogens with one attached hydrogen (secondary N) is 1. The van der Waals surface area contributed by atoms with E-state index < -0.39 is 0 Å². The number of aryl methyl sites for hydroxylation is 1. The van der Waals surface area contributed by atoms with Gasteiger partial charge in [-0.2, -0.15) is 4.98 Å². The molecule has 1 aliphatic heterocycles. The highest BCUT2D eigenvalue weighted by Gasteiger charge is 2.32. The van der Waals surface area contributed by atoms with Gasteiger partial charge in [0.25, 0.3) is 0 Å². The highest BCUT2D eigenvalue weighted by atomic mass is 16.5. The average Bonchev–Trinajstić information content (AvgIpc) is 2.52. The van der Waals surface area contributed by atoms with Gasteiger partial charge in [-0.3, -0.25) is 0 Å². The largest absolute Gasteiger partial charge is 0.481 e. The van der Waals surface area contributed by atoms with E-state index in [1.54, 1.807) is 19.0 Å². The van der Waals surface area contributed by atoms with Crippen molar-refractivity contribution in [3.8, 4) is 5.88 Å². The van der Waals surface area contributed by atoms with Crippen molar-refractivity contribution in [1.29, 1.82) is 0 Å². The zero-order valence-corrected chi connectivity index (χ0v) is 8.98. The standard InChI is InChI=1S/C9H14N4O2/c1-5-10-8-7(9(11-5)15-3)6(4-14)13(2)12-8/h6,14H,4H2,1-3H3,(H,10,11,12). The molecule has 1 unspecified atom stereocenters. The van der Waals surface area contributed by atoms with E-state index in [1.807, 2.05) is 7.05 Å². The smallest absolute Gasteiger partial charge is 0.223 e. The molecular weight excluding hydrogens is 196 g/mol. The van der Waals surface area contributed by atoms with E-state index in [9.17, 15) is 5.11 Å². The fourth-order valence-electron chi connectivity index (χ4n) is 1.75. The van der Waals surface area contributed by atoms with Crippen LogP contribution in [0.4, 0.5) is 5.82 Å². The van der Waals surface area contributed by atoms with Gasteiger partial charge in [0, 0.05) is 7.05 Å². The van der Waals surface area contributed by atoms with Crippen LogP contribution < -0.4 is 10.2 Å². The maximum absolute atomic E-state index is 9.28. The van der Waals surface area contributed by atoms with E-state index in [-0.39, 0.29) is 12.6 Å². The topological polar surface area (TPSA) is 70.5 Å². The number of hydrazine groups is 1. The van der Waals surface area contributed by atoms with Crippen LogP contribution in [-0.2, 0) is 0 Å². The summed E-state index contributed by atoms with van der Waals surface area (Å²) in [4.78, 5) is 8.44. The minimum Gasteiger partial charge on any atom is -0.481 e. The second-order valence-electron chi connectivity index (χ2n) is 3.46. The molecule has 82 valence electrons. The second-order valence-corrected chi connectivity index (χ2v) is 3.46. The van der Waals surface area contributed by atoms with Gasteiger partial charge in [-0.25, -0.2) is 9.99 Å².